The van der Waals surface area contributed by atoms with Gasteiger partial charge in [-0.1, -0.05) is 0 Å². The Morgan fingerprint density at radius 2 is 1.62 bits per heavy atom. The fourth-order valence-electron chi connectivity index (χ4n) is 0.719. The van der Waals surface area contributed by atoms with Crippen LogP contribution in [0.4, 0.5) is 4.39 Å². The van der Waals surface area contributed by atoms with Crippen LogP contribution in [0.1, 0.15) is 10.4 Å². The predicted molar refractivity (Wildman–Crippen MR) is 35.7 cm³/mol. The van der Waals surface area contributed by atoms with Crippen LogP contribution in [0.5, 0.6) is 0 Å². The average molecular weight is 190 g/mol. The second kappa shape index (κ2) is 5.11. The van der Waals surface area contributed by atoms with Crippen molar-refractivity contribution in [2.24, 2.45) is 0 Å². The van der Waals surface area contributed by atoms with Gasteiger partial charge in [0, 0.05) is 5.56 Å². The van der Waals surface area contributed by atoms with Crippen LogP contribution in [0.3, 0.4) is 0 Å². The van der Waals surface area contributed by atoms with Crippen molar-refractivity contribution in [1.29, 1.82) is 0 Å². The molecule has 0 aromatic heterocycles. The third-order valence-corrected chi connectivity index (χ3v) is 1.29. The first-order chi connectivity index (χ1) is 5.61. The van der Waals surface area contributed by atoms with Crippen LogP contribution >= 0.6 is 0 Å². The molecule has 0 heterocycles. The van der Waals surface area contributed by atoms with Gasteiger partial charge >= 0.3 is 29.6 Å². The van der Waals surface area contributed by atoms with Crippen molar-refractivity contribution in [2.45, 2.75) is 0 Å². The first-order valence-electron chi connectivity index (χ1n) is 3.12. The predicted octanol–water partition coefficient (Wildman–Crippen LogP) is -3.24. The van der Waals surface area contributed by atoms with Gasteiger partial charge in [-0.05, 0) is 24.3 Å². The number of ketones is 1. The molecule has 0 saturated carbocycles. The molecule has 0 fully saturated rings. The van der Waals surface area contributed by atoms with Crippen molar-refractivity contribution >= 4 is 11.8 Å². The van der Waals surface area contributed by atoms with Crippen LogP contribution in [0.15, 0.2) is 24.3 Å². The van der Waals surface area contributed by atoms with E-state index in [1.807, 2.05) is 0 Å². The van der Waals surface area contributed by atoms with Crippen molar-refractivity contribution in [2.75, 3.05) is 0 Å². The van der Waals surface area contributed by atoms with E-state index in [0.717, 1.165) is 24.3 Å². The summed E-state index contributed by atoms with van der Waals surface area (Å²) in [5, 5.41) is 10.0. The molecule has 5 heteroatoms. The molecular formula is C8H4FNaO3. The maximum Gasteiger partial charge on any atom is 1.00 e. The number of rotatable bonds is 2. The van der Waals surface area contributed by atoms with Crippen LogP contribution in [0, 0.1) is 5.82 Å². The quantitative estimate of drug-likeness (QED) is 0.280. The molecule has 0 aliphatic heterocycles. The SMILES string of the molecule is O=C([O-])C(=O)c1ccc(F)cc1.[Na+]. The molecule has 1 aromatic rings. The van der Waals surface area contributed by atoms with E-state index in [2.05, 4.69) is 0 Å². The van der Waals surface area contributed by atoms with Gasteiger partial charge in [-0.15, -0.1) is 0 Å². The number of hydrogen-bond donors (Lipinski definition) is 0. The van der Waals surface area contributed by atoms with E-state index in [0.29, 0.717) is 0 Å². The first-order valence-corrected chi connectivity index (χ1v) is 3.12. The van der Waals surface area contributed by atoms with Crippen molar-refractivity contribution < 1.29 is 48.6 Å². The van der Waals surface area contributed by atoms with Crippen LogP contribution in [0.2, 0.25) is 0 Å². The summed E-state index contributed by atoms with van der Waals surface area (Å²) < 4.78 is 12.3. The number of carboxylic acid groups (broad SMARTS) is 1. The van der Waals surface area contributed by atoms with Gasteiger partial charge < -0.3 is 9.90 Å². The molecule has 0 unspecified atom stereocenters. The Bertz CT molecular complexity index is 321. The summed E-state index contributed by atoms with van der Waals surface area (Å²) in [6.07, 6.45) is 0. The fourth-order valence-corrected chi connectivity index (χ4v) is 0.719. The van der Waals surface area contributed by atoms with Gasteiger partial charge in [0.25, 0.3) is 0 Å². The summed E-state index contributed by atoms with van der Waals surface area (Å²) in [6, 6.07) is 4.20. The van der Waals surface area contributed by atoms with E-state index in [4.69, 9.17) is 0 Å². The molecule has 0 atom stereocenters. The molecular weight excluding hydrogens is 186 g/mol. The Kier molecular flexibility index (Phi) is 4.83. The van der Waals surface area contributed by atoms with E-state index in [9.17, 15) is 19.1 Å². The van der Waals surface area contributed by atoms with E-state index < -0.39 is 17.6 Å². The minimum Gasteiger partial charge on any atom is -0.541 e. The summed E-state index contributed by atoms with van der Waals surface area (Å²) >= 11 is 0. The normalized spacial score (nSPS) is 8.69. The molecule has 3 nitrogen and oxygen atoms in total. The zero-order valence-electron chi connectivity index (χ0n) is 6.91. The molecule has 0 radical (unpaired) electrons. The molecule has 0 aliphatic rings. The Morgan fingerprint density at radius 3 is 2.00 bits per heavy atom. The molecule has 13 heavy (non-hydrogen) atoms. The maximum absolute atomic E-state index is 12.3. The van der Waals surface area contributed by atoms with Gasteiger partial charge in [-0.2, -0.15) is 0 Å². The van der Waals surface area contributed by atoms with Gasteiger partial charge in [0.15, 0.2) is 0 Å². The number of carboxylic acids is 1. The minimum atomic E-state index is -1.79. The smallest absolute Gasteiger partial charge is 0.541 e. The molecule has 0 aliphatic carbocycles. The Morgan fingerprint density at radius 1 is 1.15 bits per heavy atom. The largest absolute Gasteiger partial charge is 1.00 e. The van der Waals surface area contributed by atoms with Gasteiger partial charge in [0.1, 0.15) is 11.8 Å². The van der Waals surface area contributed by atoms with Gasteiger partial charge in [-0.25, -0.2) is 4.39 Å². The third-order valence-electron chi connectivity index (χ3n) is 1.29. The van der Waals surface area contributed by atoms with Gasteiger partial charge in [0.2, 0.25) is 5.78 Å². The van der Waals surface area contributed by atoms with Crippen LogP contribution in [0.25, 0.3) is 0 Å². The van der Waals surface area contributed by atoms with Crippen LogP contribution in [-0.2, 0) is 4.79 Å². The fraction of sp³-hybridized carbons (Fsp3) is 0. The van der Waals surface area contributed by atoms with Crippen LogP contribution in [-0.4, -0.2) is 11.8 Å². The average Bonchev–Trinajstić information content (AvgIpc) is 2.04. The Balaban J connectivity index is 0.00000144. The standard InChI is InChI=1S/C8H5FO3.Na/c9-6-3-1-5(2-4-6)7(10)8(11)12;/h1-4H,(H,11,12);/q;+1/p-1. The Hall–Kier alpha value is -0.710. The molecule has 0 bridgehead atoms. The van der Waals surface area contributed by atoms with E-state index in [1.54, 1.807) is 0 Å². The van der Waals surface area contributed by atoms with Gasteiger partial charge in [0.05, 0.1) is 0 Å². The molecule has 1 rings (SSSR count). The number of hydrogen-bond acceptors (Lipinski definition) is 3. The van der Waals surface area contributed by atoms with E-state index >= 15 is 0 Å². The summed E-state index contributed by atoms with van der Waals surface area (Å²) in [5.74, 6) is -3.46. The van der Waals surface area contributed by atoms with Crippen molar-refractivity contribution in [3.8, 4) is 0 Å². The number of aliphatic carboxylic acids is 1. The van der Waals surface area contributed by atoms with E-state index in [-0.39, 0.29) is 35.1 Å². The third kappa shape index (κ3) is 3.26. The molecule has 0 amide bonds. The number of Topliss-reactive ketones (excluding diaryl/α,β-unsaturated/α-hetero) is 1. The Labute approximate surface area is 95.9 Å². The summed E-state index contributed by atoms with van der Waals surface area (Å²) in [7, 11) is 0. The number of halogens is 1. The van der Waals surface area contributed by atoms with Crippen molar-refractivity contribution in [3.05, 3.63) is 35.6 Å². The zero-order chi connectivity index (χ0) is 9.14. The van der Waals surface area contributed by atoms with Crippen molar-refractivity contribution in [1.82, 2.24) is 0 Å². The maximum atomic E-state index is 12.3. The zero-order valence-corrected chi connectivity index (χ0v) is 8.91. The summed E-state index contributed by atoms with van der Waals surface area (Å²) in [6.45, 7) is 0. The number of carbonyl (C=O) groups is 2. The van der Waals surface area contributed by atoms with E-state index in [1.165, 1.54) is 0 Å². The second-order valence-corrected chi connectivity index (χ2v) is 2.12. The molecule has 1 aromatic carbocycles. The molecule has 0 N–H and O–H groups in total. The van der Waals surface area contributed by atoms with Crippen molar-refractivity contribution in [3.63, 3.8) is 0 Å². The number of carbonyl (C=O) groups excluding carboxylic acids is 2. The minimum absolute atomic E-state index is 0. The summed E-state index contributed by atoms with van der Waals surface area (Å²) in [5.41, 5.74) is -0.0867. The second-order valence-electron chi connectivity index (χ2n) is 2.12. The van der Waals surface area contributed by atoms with Crippen LogP contribution < -0.4 is 34.7 Å². The number of benzene rings is 1. The molecule has 0 saturated heterocycles. The topological polar surface area (TPSA) is 57.2 Å². The molecule has 0 spiro atoms. The molecule has 62 valence electrons. The van der Waals surface area contributed by atoms with Gasteiger partial charge in [-0.3, -0.25) is 4.79 Å². The summed E-state index contributed by atoms with van der Waals surface area (Å²) in [4.78, 5) is 20.7. The monoisotopic (exact) mass is 190 g/mol. The first kappa shape index (κ1) is 12.3.